The molecule has 1 fully saturated rings. The Labute approximate surface area is 111 Å². The first-order valence-electron chi connectivity index (χ1n) is 5.91. The lowest BCUT2D eigenvalue weighted by atomic mass is 10.1. The van der Waals surface area contributed by atoms with Gasteiger partial charge in [0.15, 0.2) is 0 Å². The number of anilines is 1. The van der Waals surface area contributed by atoms with Gasteiger partial charge in [0.25, 0.3) is 5.91 Å². The van der Waals surface area contributed by atoms with Crippen LogP contribution in [-0.4, -0.2) is 35.9 Å². The first kappa shape index (κ1) is 13.0. The van der Waals surface area contributed by atoms with Gasteiger partial charge in [0, 0.05) is 24.1 Å². The van der Waals surface area contributed by atoms with Crippen LogP contribution in [0.15, 0.2) is 24.3 Å². The topological polar surface area (TPSA) is 49.4 Å². The van der Waals surface area contributed by atoms with Gasteiger partial charge in [0.05, 0.1) is 6.04 Å². The number of carbonyl (C=O) groups is 2. The van der Waals surface area contributed by atoms with Gasteiger partial charge in [-0.25, -0.2) is 0 Å². The Morgan fingerprint density at radius 2 is 2.39 bits per heavy atom. The van der Waals surface area contributed by atoms with E-state index in [0.29, 0.717) is 12.1 Å². The van der Waals surface area contributed by atoms with Crippen LogP contribution < -0.4 is 4.72 Å². The Morgan fingerprint density at radius 3 is 3.11 bits per heavy atom. The van der Waals surface area contributed by atoms with E-state index in [9.17, 15) is 9.59 Å². The Morgan fingerprint density at radius 1 is 1.56 bits per heavy atom. The van der Waals surface area contributed by atoms with E-state index in [1.807, 2.05) is 24.5 Å². The summed E-state index contributed by atoms with van der Waals surface area (Å²) in [7, 11) is 0. The van der Waals surface area contributed by atoms with Crippen LogP contribution in [0, 0.1) is 0 Å². The van der Waals surface area contributed by atoms with Crippen molar-refractivity contribution in [3.8, 4) is 0 Å². The fraction of sp³-hybridized carbons (Fsp3) is 0.385. The molecule has 96 valence electrons. The zero-order valence-corrected chi connectivity index (χ0v) is 11.1. The number of rotatable bonds is 4. The second-order valence-corrected chi connectivity index (χ2v) is 4.84. The Hall–Kier alpha value is -1.49. The average molecular weight is 264 g/mol. The molecule has 0 bridgehead atoms. The molecule has 1 aromatic rings. The molecule has 1 aliphatic heterocycles. The Bertz CT molecular complexity index is 450. The molecule has 0 radical (unpaired) electrons. The van der Waals surface area contributed by atoms with Crippen molar-refractivity contribution < 1.29 is 9.59 Å². The molecule has 1 heterocycles. The van der Waals surface area contributed by atoms with E-state index in [0.717, 1.165) is 24.8 Å². The molecule has 1 unspecified atom stereocenters. The molecular weight excluding hydrogens is 248 g/mol. The van der Waals surface area contributed by atoms with Crippen LogP contribution in [0.2, 0.25) is 0 Å². The maximum absolute atomic E-state index is 12.3. The highest BCUT2D eigenvalue weighted by molar-refractivity contribution is 7.99. The largest absolute Gasteiger partial charge is 0.330 e. The van der Waals surface area contributed by atoms with E-state index in [1.165, 1.54) is 11.9 Å². The van der Waals surface area contributed by atoms with Crippen LogP contribution in [-0.2, 0) is 4.79 Å². The molecule has 1 N–H and O–H groups in total. The van der Waals surface area contributed by atoms with Crippen LogP contribution in [0.4, 0.5) is 5.69 Å². The highest BCUT2D eigenvalue weighted by Gasteiger charge is 2.28. The summed E-state index contributed by atoms with van der Waals surface area (Å²) in [6, 6.07) is 7.11. The number of nitrogens with one attached hydrogen (secondary N) is 1. The molecular formula is C13H16N2O2S. The number of hydrogen-bond acceptors (Lipinski definition) is 4. The predicted molar refractivity (Wildman–Crippen MR) is 73.7 cm³/mol. The van der Waals surface area contributed by atoms with E-state index < -0.39 is 0 Å². The number of likely N-dealkylation sites (tertiary alicyclic amines) is 1. The number of nitrogens with zero attached hydrogens (tertiary/aromatic N) is 1. The van der Waals surface area contributed by atoms with Gasteiger partial charge in [-0.15, -0.1) is 0 Å². The minimum atomic E-state index is -0.255. The van der Waals surface area contributed by atoms with Gasteiger partial charge in [-0.05, 0) is 31.0 Å². The summed E-state index contributed by atoms with van der Waals surface area (Å²) >= 11 is 1.48. The third kappa shape index (κ3) is 2.67. The van der Waals surface area contributed by atoms with Crippen LogP contribution >= 0.6 is 11.9 Å². The monoisotopic (exact) mass is 264 g/mol. The summed E-state index contributed by atoms with van der Waals surface area (Å²) in [6.45, 7) is 0.669. The number of carbonyl (C=O) groups excluding carboxylic acids is 2. The minimum absolute atomic E-state index is 0.0608. The molecule has 0 aromatic heterocycles. The van der Waals surface area contributed by atoms with Crippen molar-refractivity contribution >= 4 is 29.8 Å². The normalized spacial score (nSPS) is 18.7. The predicted octanol–water partition coefficient (Wildman–Crippen LogP) is 2.18. The fourth-order valence-corrected chi connectivity index (χ4v) is 2.55. The quantitative estimate of drug-likeness (QED) is 0.669. The van der Waals surface area contributed by atoms with E-state index >= 15 is 0 Å². The maximum Gasteiger partial charge on any atom is 0.254 e. The molecule has 1 saturated heterocycles. The van der Waals surface area contributed by atoms with Crippen LogP contribution in [0.1, 0.15) is 23.2 Å². The molecule has 4 nitrogen and oxygen atoms in total. The molecule has 2 rings (SSSR count). The SMILES string of the molecule is CSNc1cccc(C(=O)N2CCCC2C=O)c1. The van der Waals surface area contributed by atoms with E-state index in [2.05, 4.69) is 4.72 Å². The van der Waals surface area contributed by atoms with Gasteiger partial charge < -0.3 is 14.4 Å². The lowest BCUT2D eigenvalue weighted by molar-refractivity contribution is -0.111. The first-order chi connectivity index (χ1) is 8.76. The lowest BCUT2D eigenvalue weighted by Gasteiger charge is -2.20. The van der Waals surface area contributed by atoms with Crippen molar-refractivity contribution in [2.45, 2.75) is 18.9 Å². The standard InChI is InChI=1S/C13H16N2O2S/c1-18-14-11-5-2-4-10(8-11)13(17)15-7-3-6-12(15)9-16/h2,4-5,8-9,12,14H,3,6-7H2,1H3. The van der Waals surface area contributed by atoms with Crippen molar-refractivity contribution in [1.29, 1.82) is 0 Å². The van der Waals surface area contributed by atoms with Crippen molar-refractivity contribution in [2.24, 2.45) is 0 Å². The summed E-state index contributed by atoms with van der Waals surface area (Å²) in [5, 5.41) is 0. The smallest absolute Gasteiger partial charge is 0.254 e. The molecule has 1 aliphatic rings. The third-order valence-electron chi connectivity index (χ3n) is 3.05. The van der Waals surface area contributed by atoms with Crippen LogP contribution in [0.3, 0.4) is 0 Å². The number of aldehydes is 1. The van der Waals surface area contributed by atoms with Gasteiger partial charge in [0.2, 0.25) is 0 Å². The van der Waals surface area contributed by atoms with Gasteiger partial charge in [-0.3, -0.25) is 4.79 Å². The van der Waals surface area contributed by atoms with Crippen molar-refractivity contribution in [2.75, 3.05) is 17.5 Å². The molecule has 1 aromatic carbocycles. The average Bonchev–Trinajstić information content (AvgIpc) is 2.87. The number of benzene rings is 1. The summed E-state index contributed by atoms with van der Waals surface area (Å²) in [6.07, 6.45) is 4.47. The zero-order chi connectivity index (χ0) is 13.0. The van der Waals surface area contributed by atoms with Crippen molar-refractivity contribution in [1.82, 2.24) is 4.90 Å². The fourth-order valence-electron chi connectivity index (χ4n) is 2.19. The van der Waals surface area contributed by atoms with Gasteiger partial charge in [-0.1, -0.05) is 18.0 Å². The molecule has 1 atom stereocenters. The second kappa shape index (κ2) is 5.91. The summed E-state index contributed by atoms with van der Waals surface area (Å²) in [4.78, 5) is 24.9. The molecule has 0 spiro atoms. The van der Waals surface area contributed by atoms with E-state index in [-0.39, 0.29) is 11.9 Å². The lowest BCUT2D eigenvalue weighted by Crippen LogP contribution is -2.36. The first-order valence-corrected chi connectivity index (χ1v) is 7.14. The molecule has 0 aliphatic carbocycles. The van der Waals surface area contributed by atoms with Gasteiger partial charge >= 0.3 is 0 Å². The molecule has 18 heavy (non-hydrogen) atoms. The number of hydrogen-bond donors (Lipinski definition) is 1. The van der Waals surface area contributed by atoms with Crippen LogP contribution in [0.5, 0.6) is 0 Å². The Kier molecular flexibility index (Phi) is 4.25. The van der Waals surface area contributed by atoms with E-state index in [4.69, 9.17) is 0 Å². The highest BCUT2D eigenvalue weighted by Crippen LogP contribution is 2.21. The van der Waals surface area contributed by atoms with Gasteiger partial charge in [-0.2, -0.15) is 0 Å². The van der Waals surface area contributed by atoms with Crippen molar-refractivity contribution in [3.05, 3.63) is 29.8 Å². The maximum atomic E-state index is 12.3. The third-order valence-corrected chi connectivity index (χ3v) is 3.49. The van der Waals surface area contributed by atoms with Crippen molar-refractivity contribution in [3.63, 3.8) is 0 Å². The van der Waals surface area contributed by atoms with Gasteiger partial charge in [0.1, 0.15) is 6.29 Å². The van der Waals surface area contributed by atoms with E-state index in [1.54, 1.807) is 11.0 Å². The zero-order valence-electron chi connectivity index (χ0n) is 10.3. The molecule has 5 heteroatoms. The minimum Gasteiger partial charge on any atom is -0.330 e. The number of amides is 1. The Balaban J connectivity index is 2.17. The highest BCUT2D eigenvalue weighted by atomic mass is 32.2. The van der Waals surface area contributed by atoms with Crippen LogP contribution in [0.25, 0.3) is 0 Å². The summed E-state index contributed by atoms with van der Waals surface area (Å²) in [5.41, 5.74) is 1.53. The summed E-state index contributed by atoms with van der Waals surface area (Å²) < 4.78 is 3.09. The second-order valence-electron chi connectivity index (χ2n) is 4.23. The molecule has 0 saturated carbocycles. The summed E-state index contributed by atoms with van der Waals surface area (Å²) in [5.74, 6) is -0.0608. The molecule has 1 amide bonds.